The fraction of sp³-hybridized carbons (Fsp3) is 0.393. The third kappa shape index (κ3) is 4.94. The van der Waals surface area contributed by atoms with Gasteiger partial charge in [-0.2, -0.15) is 13.1 Å². The van der Waals surface area contributed by atoms with Crippen molar-refractivity contribution in [2.24, 2.45) is 0 Å². The van der Waals surface area contributed by atoms with Crippen molar-refractivity contribution in [1.29, 1.82) is 0 Å². The second-order valence-electron chi connectivity index (χ2n) is 10.1. The van der Waals surface area contributed by atoms with E-state index in [-0.39, 0.29) is 17.3 Å². The molecular weight excluding hydrogens is 550 g/mol. The Hall–Kier alpha value is -3.16. The van der Waals surface area contributed by atoms with Crippen LogP contribution < -0.4 is 10.2 Å². The van der Waals surface area contributed by atoms with Gasteiger partial charge in [-0.15, -0.1) is 0 Å². The third-order valence-corrected chi connectivity index (χ3v) is 10.1. The molecule has 2 aliphatic heterocycles. The maximum Gasteiger partial charge on any atom is 0.246 e. The first-order valence-corrected chi connectivity index (χ1v) is 15.6. The molecule has 0 bridgehead atoms. The Bertz CT molecular complexity index is 1660. The largest absolute Gasteiger partial charge is 0.385 e. The lowest BCUT2D eigenvalue weighted by molar-refractivity contribution is -0.120. The van der Waals surface area contributed by atoms with Crippen molar-refractivity contribution in [2.75, 3.05) is 43.8 Å². The minimum Gasteiger partial charge on any atom is -0.385 e. The maximum absolute atomic E-state index is 13.9. The summed E-state index contributed by atoms with van der Waals surface area (Å²) in [6.07, 6.45) is 2.76. The minimum absolute atomic E-state index is 0.0878. The van der Waals surface area contributed by atoms with Crippen LogP contribution in [0.25, 0.3) is 21.8 Å². The molecule has 0 saturated carbocycles. The molecule has 1 N–H and O–H groups in total. The zero-order chi connectivity index (χ0) is 27.7. The molecule has 0 spiro atoms. The van der Waals surface area contributed by atoms with Crippen molar-refractivity contribution in [3.05, 3.63) is 54.1 Å². The summed E-state index contributed by atoms with van der Waals surface area (Å²) in [5, 5.41) is 5.01. The average Bonchev–Trinajstić information content (AvgIpc) is 3.38. The quantitative estimate of drug-likeness (QED) is 0.306. The zero-order valence-corrected chi connectivity index (χ0v) is 23.8. The van der Waals surface area contributed by atoms with Gasteiger partial charge in [-0.05, 0) is 49.1 Å². The van der Waals surface area contributed by atoms with E-state index >= 15 is 0 Å². The van der Waals surface area contributed by atoms with Gasteiger partial charge in [-0.1, -0.05) is 30.7 Å². The molecular formula is C28H31N5O5S2. The van der Waals surface area contributed by atoms with Crippen molar-refractivity contribution in [1.82, 2.24) is 13.1 Å². The molecule has 1 saturated heterocycles. The Balaban J connectivity index is 1.32. The Morgan fingerprint density at radius 3 is 2.90 bits per heavy atom. The fourth-order valence-electron chi connectivity index (χ4n) is 5.66. The first-order valence-electron chi connectivity index (χ1n) is 13.4. The van der Waals surface area contributed by atoms with Crippen LogP contribution in [0.3, 0.4) is 0 Å². The highest BCUT2D eigenvalue weighted by atomic mass is 32.2. The van der Waals surface area contributed by atoms with Crippen LogP contribution in [0.1, 0.15) is 31.2 Å². The molecule has 0 radical (unpaired) electrons. The molecule has 2 aliphatic rings. The van der Waals surface area contributed by atoms with Gasteiger partial charge in [-0.25, -0.2) is 8.42 Å². The second-order valence-corrected chi connectivity index (χ2v) is 12.5. The number of piperidine rings is 1. The van der Waals surface area contributed by atoms with Gasteiger partial charge in [0.2, 0.25) is 15.9 Å². The predicted octanol–water partition coefficient (Wildman–Crippen LogP) is 4.36. The summed E-state index contributed by atoms with van der Waals surface area (Å²) in [5.41, 5.74) is 3.62. The van der Waals surface area contributed by atoms with E-state index in [1.807, 2.05) is 30.3 Å². The third-order valence-electron chi connectivity index (χ3n) is 7.58. The zero-order valence-electron chi connectivity index (χ0n) is 22.2. The second kappa shape index (κ2) is 11.4. The van der Waals surface area contributed by atoms with Crippen LogP contribution in [0, 0.1) is 0 Å². The molecule has 10 nitrogen and oxygen atoms in total. The topological polar surface area (TPSA) is 114 Å². The molecule has 3 aromatic carbocycles. The van der Waals surface area contributed by atoms with E-state index in [0.717, 1.165) is 53.1 Å². The minimum atomic E-state index is -3.98. The number of benzene rings is 3. The molecule has 6 rings (SSSR count). The van der Waals surface area contributed by atoms with E-state index in [9.17, 15) is 13.2 Å². The maximum atomic E-state index is 13.9. The number of amides is 1. The van der Waals surface area contributed by atoms with Gasteiger partial charge < -0.3 is 19.7 Å². The lowest BCUT2D eigenvalue weighted by Crippen LogP contribution is -2.49. The molecule has 210 valence electrons. The summed E-state index contributed by atoms with van der Waals surface area (Å²) < 4.78 is 48.6. The SMILES string of the molecule is COCCCN1COCc2cccc3c(NC(=O)C4CCCCN4S(=O)(=O)c4cccc5nsnc45)ccc1c23. The number of aromatic nitrogens is 2. The summed E-state index contributed by atoms with van der Waals surface area (Å²) in [4.78, 5) is 16.1. The monoisotopic (exact) mass is 581 g/mol. The molecule has 0 aliphatic carbocycles. The molecule has 1 fully saturated rings. The Kier molecular flexibility index (Phi) is 7.69. The van der Waals surface area contributed by atoms with Crippen molar-refractivity contribution in [3.63, 3.8) is 0 Å². The molecule has 12 heteroatoms. The number of sulfonamides is 1. The summed E-state index contributed by atoms with van der Waals surface area (Å²) in [5.74, 6) is -0.339. The van der Waals surface area contributed by atoms with E-state index in [4.69, 9.17) is 9.47 Å². The van der Waals surface area contributed by atoms with Crippen molar-refractivity contribution in [2.45, 2.75) is 43.2 Å². The predicted molar refractivity (Wildman–Crippen MR) is 155 cm³/mol. The summed E-state index contributed by atoms with van der Waals surface area (Å²) in [6, 6.07) is 14.0. The van der Waals surface area contributed by atoms with E-state index < -0.39 is 16.1 Å². The standard InChI is InChI=1S/C28H31N5O5S2/c1-37-16-6-14-32-18-38-17-19-7-4-8-20-21(12-13-23(32)26(19)20)29-28(34)24-10-2-3-15-33(24)40(35,36)25-11-5-9-22-27(25)31-39-30-22/h4-5,7-9,11-13,24H,2-3,6,10,14-18H2,1H3,(H,29,34). The molecule has 3 heterocycles. The number of methoxy groups -OCH3 is 1. The van der Waals surface area contributed by atoms with Crippen molar-refractivity contribution < 1.29 is 22.7 Å². The molecule has 1 amide bonds. The van der Waals surface area contributed by atoms with Crippen LogP contribution in [0.5, 0.6) is 0 Å². The molecule has 40 heavy (non-hydrogen) atoms. The molecule has 1 atom stereocenters. The molecule has 4 aromatic rings. The van der Waals surface area contributed by atoms with E-state index in [2.05, 4.69) is 19.0 Å². The number of nitrogens with one attached hydrogen (secondary N) is 1. The van der Waals surface area contributed by atoms with E-state index in [1.165, 1.54) is 10.4 Å². The van der Waals surface area contributed by atoms with Crippen molar-refractivity contribution >= 4 is 60.8 Å². The number of rotatable bonds is 8. The molecule has 1 aromatic heterocycles. The van der Waals surface area contributed by atoms with Crippen LogP contribution in [-0.2, 0) is 30.9 Å². The number of carbonyl (C=O) groups is 1. The van der Waals surface area contributed by atoms with Crippen LogP contribution in [0.15, 0.2) is 53.4 Å². The van der Waals surface area contributed by atoms with Gasteiger partial charge >= 0.3 is 0 Å². The lowest BCUT2D eigenvalue weighted by atomic mass is 10.00. The first-order chi connectivity index (χ1) is 19.5. The molecule has 1 unspecified atom stereocenters. The summed E-state index contributed by atoms with van der Waals surface area (Å²) in [7, 11) is -2.28. The van der Waals surface area contributed by atoms with Crippen molar-refractivity contribution in [3.8, 4) is 0 Å². The Morgan fingerprint density at radius 2 is 2.02 bits per heavy atom. The first kappa shape index (κ1) is 27.0. The van der Waals surface area contributed by atoms with E-state index in [1.54, 1.807) is 19.2 Å². The smallest absolute Gasteiger partial charge is 0.246 e. The van der Waals surface area contributed by atoms with Crippen LogP contribution in [0.2, 0.25) is 0 Å². The lowest BCUT2D eigenvalue weighted by Gasteiger charge is -2.33. The number of fused-ring (bicyclic) bond motifs is 1. The van der Waals surface area contributed by atoms with Crippen LogP contribution in [0.4, 0.5) is 11.4 Å². The number of carbonyl (C=O) groups excluding carboxylic acids is 1. The number of anilines is 2. The highest BCUT2D eigenvalue weighted by molar-refractivity contribution is 7.89. The Morgan fingerprint density at radius 1 is 1.15 bits per heavy atom. The number of hydrogen-bond donors (Lipinski definition) is 1. The van der Waals surface area contributed by atoms with Gasteiger partial charge in [0.25, 0.3) is 0 Å². The number of ether oxygens (including phenoxy) is 2. The van der Waals surface area contributed by atoms with E-state index in [0.29, 0.717) is 49.5 Å². The van der Waals surface area contributed by atoms with Gasteiger partial charge in [-0.3, -0.25) is 4.79 Å². The van der Waals surface area contributed by atoms with Crippen LogP contribution in [-0.4, -0.2) is 67.0 Å². The van der Waals surface area contributed by atoms with Gasteiger partial charge in [0, 0.05) is 49.0 Å². The number of nitrogens with zero attached hydrogens (tertiary/aromatic N) is 4. The highest BCUT2D eigenvalue weighted by Gasteiger charge is 2.39. The van der Waals surface area contributed by atoms with Gasteiger partial charge in [0.05, 0.1) is 18.3 Å². The number of hydrogen-bond acceptors (Lipinski definition) is 9. The van der Waals surface area contributed by atoms with Crippen LogP contribution >= 0.6 is 11.7 Å². The average molecular weight is 582 g/mol. The Labute approximate surface area is 237 Å². The van der Waals surface area contributed by atoms with Gasteiger partial charge in [0.1, 0.15) is 28.7 Å². The summed E-state index contributed by atoms with van der Waals surface area (Å²) in [6.45, 7) is 2.64. The summed E-state index contributed by atoms with van der Waals surface area (Å²) >= 11 is 0.975. The van der Waals surface area contributed by atoms with Gasteiger partial charge in [0.15, 0.2) is 0 Å². The highest BCUT2D eigenvalue weighted by Crippen LogP contribution is 2.38. The normalized spacial score (nSPS) is 18.2. The fourth-order valence-corrected chi connectivity index (χ4v) is 8.07.